The minimum atomic E-state index is -1.02. The van der Waals surface area contributed by atoms with Crippen LogP contribution in [0.5, 0.6) is 0 Å². The highest BCUT2D eigenvalue weighted by molar-refractivity contribution is 5.94. The van der Waals surface area contributed by atoms with E-state index in [4.69, 9.17) is 5.11 Å². The first-order valence-electron chi connectivity index (χ1n) is 6.65. The molecule has 0 unspecified atom stereocenters. The van der Waals surface area contributed by atoms with E-state index in [0.717, 1.165) is 18.5 Å². The van der Waals surface area contributed by atoms with E-state index in [1.54, 1.807) is 0 Å². The fourth-order valence-electron chi connectivity index (χ4n) is 2.09. The lowest BCUT2D eigenvalue weighted by Crippen LogP contribution is -2.37. The predicted octanol–water partition coefficient (Wildman–Crippen LogP) is 0.956. The van der Waals surface area contributed by atoms with E-state index in [9.17, 15) is 9.59 Å². The van der Waals surface area contributed by atoms with E-state index in [0.29, 0.717) is 0 Å². The molecule has 2 aromatic rings. The second-order valence-corrected chi connectivity index (χ2v) is 4.91. The molecule has 7 nitrogen and oxygen atoms in total. The first-order chi connectivity index (χ1) is 10.1. The van der Waals surface area contributed by atoms with E-state index >= 15 is 0 Å². The van der Waals surface area contributed by atoms with Gasteiger partial charge in [-0.1, -0.05) is 18.2 Å². The highest BCUT2D eigenvalue weighted by Gasteiger charge is 2.35. The standard InChI is InChI=1S/C14H14N4O3/c19-13(20)9-17(10-6-7-10)14(21)12-8-15-18(16-12)11-4-2-1-3-5-11/h1-5,8,10H,6-7,9H2,(H,19,20). The molecule has 0 atom stereocenters. The van der Waals surface area contributed by atoms with Gasteiger partial charge in [0, 0.05) is 6.04 Å². The molecule has 1 heterocycles. The SMILES string of the molecule is O=C(O)CN(C(=O)c1cnn(-c2ccccc2)n1)C1CC1. The monoisotopic (exact) mass is 286 g/mol. The van der Waals surface area contributed by atoms with E-state index in [1.807, 2.05) is 30.3 Å². The maximum atomic E-state index is 12.4. The van der Waals surface area contributed by atoms with E-state index in [1.165, 1.54) is 15.9 Å². The fraction of sp³-hybridized carbons (Fsp3) is 0.286. The van der Waals surface area contributed by atoms with Gasteiger partial charge in [0.1, 0.15) is 6.54 Å². The number of para-hydroxylation sites is 1. The molecule has 1 aromatic carbocycles. The number of aromatic nitrogens is 3. The van der Waals surface area contributed by atoms with E-state index < -0.39 is 5.97 Å². The van der Waals surface area contributed by atoms with Crippen LogP contribution in [-0.4, -0.2) is 49.5 Å². The molecule has 7 heteroatoms. The maximum absolute atomic E-state index is 12.4. The summed E-state index contributed by atoms with van der Waals surface area (Å²) in [4.78, 5) is 25.9. The zero-order chi connectivity index (χ0) is 14.8. The molecule has 0 spiro atoms. The van der Waals surface area contributed by atoms with Crippen molar-refractivity contribution < 1.29 is 14.7 Å². The Morgan fingerprint density at radius 3 is 2.62 bits per heavy atom. The van der Waals surface area contributed by atoms with Gasteiger partial charge in [-0.15, -0.1) is 5.10 Å². The minimum Gasteiger partial charge on any atom is -0.480 e. The molecule has 1 saturated carbocycles. The van der Waals surface area contributed by atoms with Gasteiger partial charge in [-0.3, -0.25) is 9.59 Å². The van der Waals surface area contributed by atoms with E-state index in [-0.39, 0.29) is 24.2 Å². The Bertz CT molecular complexity index is 664. The number of carboxylic acids is 1. The van der Waals surface area contributed by atoms with Crippen LogP contribution in [0.1, 0.15) is 23.3 Å². The Balaban J connectivity index is 1.81. The second kappa shape index (κ2) is 5.35. The summed E-state index contributed by atoms with van der Waals surface area (Å²) in [6.45, 7) is -0.304. The molecule has 0 aliphatic heterocycles. The molecule has 0 saturated heterocycles. The summed E-state index contributed by atoms with van der Waals surface area (Å²) in [5.41, 5.74) is 0.903. The Morgan fingerprint density at radius 1 is 1.29 bits per heavy atom. The summed E-state index contributed by atoms with van der Waals surface area (Å²) in [6.07, 6.45) is 3.05. The molecule has 108 valence electrons. The van der Waals surface area contributed by atoms with Crippen LogP contribution < -0.4 is 0 Å². The van der Waals surface area contributed by atoms with Crippen LogP contribution >= 0.6 is 0 Å². The Hall–Kier alpha value is -2.70. The van der Waals surface area contributed by atoms with E-state index in [2.05, 4.69) is 10.2 Å². The second-order valence-electron chi connectivity index (χ2n) is 4.91. The summed E-state index contributed by atoms with van der Waals surface area (Å²) < 4.78 is 0. The van der Waals surface area contributed by atoms with Gasteiger partial charge in [-0.2, -0.15) is 9.90 Å². The molecule has 1 N–H and O–H groups in total. The summed E-state index contributed by atoms with van der Waals surface area (Å²) in [7, 11) is 0. The number of carbonyl (C=O) groups is 2. The Kier molecular flexibility index (Phi) is 3.39. The van der Waals surface area contributed by atoms with Gasteiger partial charge >= 0.3 is 5.97 Å². The molecule has 0 radical (unpaired) electrons. The summed E-state index contributed by atoms with van der Waals surface area (Å²) in [5, 5.41) is 17.1. The maximum Gasteiger partial charge on any atom is 0.323 e. The third-order valence-electron chi connectivity index (χ3n) is 3.25. The van der Waals surface area contributed by atoms with Crippen molar-refractivity contribution in [3.63, 3.8) is 0 Å². The summed E-state index contributed by atoms with van der Waals surface area (Å²) in [6, 6.07) is 9.23. The summed E-state index contributed by atoms with van der Waals surface area (Å²) in [5.74, 6) is -1.41. The first kappa shape index (κ1) is 13.3. The van der Waals surface area contributed by atoms with Crippen LogP contribution in [-0.2, 0) is 4.79 Å². The van der Waals surface area contributed by atoms with Crippen molar-refractivity contribution in [1.29, 1.82) is 0 Å². The van der Waals surface area contributed by atoms with Crippen molar-refractivity contribution in [3.8, 4) is 5.69 Å². The zero-order valence-corrected chi connectivity index (χ0v) is 11.2. The molecule has 1 aliphatic carbocycles. The van der Waals surface area contributed by atoms with Gasteiger partial charge in [-0.05, 0) is 25.0 Å². The molecule has 3 rings (SSSR count). The number of nitrogens with zero attached hydrogens (tertiary/aromatic N) is 4. The molecule has 1 aromatic heterocycles. The van der Waals surface area contributed by atoms with Gasteiger partial charge in [0.2, 0.25) is 0 Å². The third-order valence-corrected chi connectivity index (χ3v) is 3.25. The summed E-state index contributed by atoms with van der Waals surface area (Å²) >= 11 is 0. The number of rotatable bonds is 5. The van der Waals surface area contributed by atoms with Crippen molar-refractivity contribution in [1.82, 2.24) is 19.9 Å². The van der Waals surface area contributed by atoms with Gasteiger partial charge in [0.15, 0.2) is 5.69 Å². The van der Waals surface area contributed by atoms with Gasteiger partial charge in [0.05, 0.1) is 11.9 Å². The number of benzene rings is 1. The lowest BCUT2D eigenvalue weighted by atomic mass is 10.3. The van der Waals surface area contributed by atoms with Gasteiger partial charge < -0.3 is 10.0 Å². The highest BCUT2D eigenvalue weighted by Crippen LogP contribution is 2.27. The van der Waals surface area contributed by atoms with Crippen LogP contribution in [0.2, 0.25) is 0 Å². The zero-order valence-electron chi connectivity index (χ0n) is 11.2. The normalized spacial score (nSPS) is 13.9. The fourth-order valence-corrected chi connectivity index (χ4v) is 2.09. The van der Waals surface area contributed by atoms with Gasteiger partial charge in [0.25, 0.3) is 5.91 Å². The molecular weight excluding hydrogens is 272 g/mol. The third kappa shape index (κ3) is 2.91. The van der Waals surface area contributed by atoms with Crippen LogP contribution in [0.15, 0.2) is 36.5 Å². The molecule has 1 amide bonds. The smallest absolute Gasteiger partial charge is 0.323 e. The molecule has 1 aliphatic rings. The van der Waals surface area contributed by atoms with Crippen molar-refractivity contribution in [2.45, 2.75) is 18.9 Å². The van der Waals surface area contributed by atoms with Crippen LogP contribution in [0.3, 0.4) is 0 Å². The first-order valence-corrected chi connectivity index (χ1v) is 6.65. The quantitative estimate of drug-likeness (QED) is 0.884. The predicted molar refractivity (Wildman–Crippen MR) is 73.1 cm³/mol. The molecule has 1 fully saturated rings. The van der Waals surface area contributed by atoms with Crippen molar-refractivity contribution >= 4 is 11.9 Å². The number of amides is 1. The molecule has 0 bridgehead atoms. The van der Waals surface area contributed by atoms with Crippen molar-refractivity contribution in [2.24, 2.45) is 0 Å². The number of hydrogen-bond acceptors (Lipinski definition) is 4. The number of aliphatic carboxylic acids is 1. The topological polar surface area (TPSA) is 88.3 Å². The molecular formula is C14H14N4O3. The van der Waals surface area contributed by atoms with Crippen molar-refractivity contribution in [3.05, 3.63) is 42.2 Å². The van der Waals surface area contributed by atoms with Crippen LogP contribution in [0.25, 0.3) is 5.69 Å². The lowest BCUT2D eigenvalue weighted by molar-refractivity contribution is -0.137. The van der Waals surface area contributed by atoms with Crippen LogP contribution in [0.4, 0.5) is 0 Å². The average molecular weight is 286 g/mol. The van der Waals surface area contributed by atoms with Gasteiger partial charge in [-0.25, -0.2) is 0 Å². The minimum absolute atomic E-state index is 0.00970. The number of carbonyl (C=O) groups excluding carboxylic acids is 1. The van der Waals surface area contributed by atoms with Crippen molar-refractivity contribution in [2.75, 3.05) is 6.54 Å². The largest absolute Gasteiger partial charge is 0.480 e. The van der Waals surface area contributed by atoms with Crippen LogP contribution in [0, 0.1) is 0 Å². The average Bonchev–Trinajstić information content (AvgIpc) is 3.21. The lowest BCUT2D eigenvalue weighted by Gasteiger charge is -2.18. The Labute approximate surface area is 120 Å². The number of carboxylic acid groups (broad SMARTS) is 1. The Morgan fingerprint density at radius 2 is 2.00 bits per heavy atom. The molecule has 21 heavy (non-hydrogen) atoms. The number of hydrogen-bond donors (Lipinski definition) is 1. The highest BCUT2D eigenvalue weighted by atomic mass is 16.4.